The molecule has 2 amide bonds. The third-order valence-electron chi connectivity index (χ3n) is 2.63. The number of carbonyl (C=O) groups excluding carboxylic acids is 1. The molecule has 7 heteroatoms. The van der Waals surface area contributed by atoms with Crippen molar-refractivity contribution >= 4 is 12.0 Å². The summed E-state index contributed by atoms with van der Waals surface area (Å²) >= 11 is 0. The predicted molar refractivity (Wildman–Crippen MR) is 68.2 cm³/mol. The van der Waals surface area contributed by atoms with E-state index in [0.717, 1.165) is 12.1 Å². The van der Waals surface area contributed by atoms with Crippen LogP contribution in [0, 0.1) is 11.6 Å². The van der Waals surface area contributed by atoms with Gasteiger partial charge in [0.15, 0.2) is 0 Å². The van der Waals surface area contributed by atoms with Gasteiger partial charge in [-0.2, -0.15) is 0 Å². The molecule has 1 rings (SSSR count). The largest absolute Gasteiger partial charge is 0.481 e. The van der Waals surface area contributed by atoms with Gasteiger partial charge in [0.25, 0.3) is 0 Å². The van der Waals surface area contributed by atoms with Crippen molar-refractivity contribution in [3.8, 4) is 0 Å². The van der Waals surface area contributed by atoms with Crippen LogP contribution in [0.4, 0.5) is 13.6 Å². The van der Waals surface area contributed by atoms with Gasteiger partial charge in [-0.15, -0.1) is 0 Å². The molecule has 0 saturated heterocycles. The summed E-state index contributed by atoms with van der Waals surface area (Å²) in [5, 5.41) is 13.4. The van der Waals surface area contributed by atoms with E-state index >= 15 is 0 Å². The number of carbonyl (C=O) groups is 2. The molecule has 1 atom stereocenters. The molecule has 0 fully saturated rings. The number of amides is 2. The SMILES string of the molecule is C[C@@H](NC(=O)NCCCC(=O)O)c1ccc(F)cc1F. The fraction of sp³-hybridized carbons (Fsp3) is 0.385. The van der Waals surface area contributed by atoms with Crippen LogP contribution < -0.4 is 10.6 Å². The van der Waals surface area contributed by atoms with E-state index in [1.807, 2.05) is 0 Å². The minimum Gasteiger partial charge on any atom is -0.481 e. The zero-order chi connectivity index (χ0) is 15.1. The van der Waals surface area contributed by atoms with E-state index in [1.54, 1.807) is 6.92 Å². The fourth-order valence-corrected chi connectivity index (χ4v) is 1.62. The molecular formula is C13H16F2N2O3. The molecule has 1 aromatic carbocycles. The van der Waals surface area contributed by atoms with Crippen LogP contribution in [0.2, 0.25) is 0 Å². The van der Waals surface area contributed by atoms with E-state index < -0.39 is 29.7 Å². The monoisotopic (exact) mass is 286 g/mol. The summed E-state index contributed by atoms with van der Waals surface area (Å²) in [7, 11) is 0. The molecule has 0 saturated carbocycles. The number of hydrogen-bond acceptors (Lipinski definition) is 2. The lowest BCUT2D eigenvalue weighted by Gasteiger charge is -2.15. The normalized spacial score (nSPS) is 11.8. The minimum absolute atomic E-state index is 0.0393. The standard InChI is InChI=1S/C13H16F2N2O3/c1-8(10-5-4-9(14)7-11(10)15)17-13(20)16-6-2-3-12(18)19/h4-5,7-8H,2-3,6H2,1H3,(H,18,19)(H2,16,17,20)/t8-/m1/s1. The number of benzene rings is 1. The molecule has 0 aromatic heterocycles. The Morgan fingerprint density at radius 3 is 2.65 bits per heavy atom. The van der Waals surface area contributed by atoms with Crippen LogP contribution in [-0.4, -0.2) is 23.7 Å². The van der Waals surface area contributed by atoms with E-state index in [0.29, 0.717) is 6.42 Å². The first kappa shape index (κ1) is 15.9. The molecule has 3 N–H and O–H groups in total. The lowest BCUT2D eigenvalue weighted by atomic mass is 10.1. The third-order valence-corrected chi connectivity index (χ3v) is 2.63. The molecule has 0 aliphatic rings. The molecule has 0 unspecified atom stereocenters. The first-order valence-electron chi connectivity index (χ1n) is 6.11. The van der Waals surface area contributed by atoms with Crippen molar-refractivity contribution in [1.29, 1.82) is 0 Å². The van der Waals surface area contributed by atoms with Gasteiger partial charge in [-0.25, -0.2) is 13.6 Å². The second-order valence-electron chi connectivity index (χ2n) is 4.29. The van der Waals surface area contributed by atoms with Crippen molar-refractivity contribution in [3.63, 3.8) is 0 Å². The van der Waals surface area contributed by atoms with E-state index in [2.05, 4.69) is 10.6 Å². The molecule has 1 aromatic rings. The summed E-state index contributed by atoms with van der Waals surface area (Å²) in [4.78, 5) is 21.8. The Kier molecular flexibility index (Phi) is 5.89. The average Bonchev–Trinajstić information content (AvgIpc) is 2.34. The molecular weight excluding hydrogens is 270 g/mol. The highest BCUT2D eigenvalue weighted by Gasteiger charge is 2.13. The zero-order valence-electron chi connectivity index (χ0n) is 11.0. The number of carboxylic acids is 1. The summed E-state index contributed by atoms with van der Waals surface area (Å²) in [6.07, 6.45) is 0.268. The van der Waals surface area contributed by atoms with Crippen LogP contribution in [0.1, 0.15) is 31.4 Å². The van der Waals surface area contributed by atoms with Gasteiger partial charge in [-0.05, 0) is 19.4 Å². The topological polar surface area (TPSA) is 78.4 Å². The first-order chi connectivity index (χ1) is 9.40. The molecule has 0 bridgehead atoms. The van der Waals surface area contributed by atoms with Crippen molar-refractivity contribution in [2.24, 2.45) is 0 Å². The Morgan fingerprint density at radius 1 is 1.35 bits per heavy atom. The maximum Gasteiger partial charge on any atom is 0.315 e. The van der Waals surface area contributed by atoms with Crippen molar-refractivity contribution in [2.45, 2.75) is 25.8 Å². The number of hydrogen-bond donors (Lipinski definition) is 3. The Labute approximate surface area is 115 Å². The van der Waals surface area contributed by atoms with Crippen LogP contribution in [0.5, 0.6) is 0 Å². The number of halogens is 2. The maximum absolute atomic E-state index is 13.5. The van der Waals surface area contributed by atoms with Gasteiger partial charge < -0.3 is 15.7 Å². The highest BCUT2D eigenvalue weighted by molar-refractivity contribution is 5.74. The second-order valence-corrected chi connectivity index (χ2v) is 4.29. The van der Waals surface area contributed by atoms with Gasteiger partial charge in [0.2, 0.25) is 0 Å². The molecule has 0 aliphatic carbocycles. The van der Waals surface area contributed by atoms with Crippen LogP contribution in [-0.2, 0) is 4.79 Å². The second kappa shape index (κ2) is 7.42. The Bertz CT molecular complexity index is 495. The van der Waals surface area contributed by atoms with Crippen molar-refractivity contribution < 1.29 is 23.5 Å². The Morgan fingerprint density at radius 2 is 2.05 bits per heavy atom. The van der Waals surface area contributed by atoms with Crippen LogP contribution in [0.15, 0.2) is 18.2 Å². The minimum atomic E-state index is -0.936. The van der Waals surface area contributed by atoms with E-state index in [-0.39, 0.29) is 18.5 Å². The highest BCUT2D eigenvalue weighted by Crippen LogP contribution is 2.17. The summed E-state index contributed by atoms with van der Waals surface area (Å²) in [6, 6.07) is 1.96. The van der Waals surface area contributed by atoms with E-state index in [4.69, 9.17) is 5.11 Å². The van der Waals surface area contributed by atoms with Crippen LogP contribution in [0.3, 0.4) is 0 Å². The molecule has 0 aliphatic heterocycles. The average molecular weight is 286 g/mol. The lowest BCUT2D eigenvalue weighted by molar-refractivity contribution is -0.137. The number of carboxylic acid groups (broad SMARTS) is 1. The van der Waals surface area contributed by atoms with Crippen LogP contribution >= 0.6 is 0 Å². The summed E-state index contributed by atoms with van der Waals surface area (Å²) in [5.41, 5.74) is 0.173. The van der Waals surface area contributed by atoms with Gasteiger partial charge >= 0.3 is 12.0 Å². The van der Waals surface area contributed by atoms with Gasteiger partial charge in [0.1, 0.15) is 11.6 Å². The number of aliphatic carboxylic acids is 1. The molecule has 0 heterocycles. The predicted octanol–water partition coefficient (Wildman–Crippen LogP) is 2.19. The summed E-state index contributed by atoms with van der Waals surface area (Å²) in [5.74, 6) is -2.35. The molecule has 0 spiro atoms. The maximum atomic E-state index is 13.5. The van der Waals surface area contributed by atoms with Crippen molar-refractivity contribution in [1.82, 2.24) is 10.6 Å². The van der Waals surface area contributed by atoms with Crippen molar-refractivity contribution in [3.05, 3.63) is 35.4 Å². The first-order valence-corrected chi connectivity index (χ1v) is 6.11. The Balaban J connectivity index is 2.43. The lowest BCUT2D eigenvalue weighted by Crippen LogP contribution is -2.37. The fourth-order valence-electron chi connectivity index (χ4n) is 1.62. The molecule has 5 nitrogen and oxygen atoms in total. The van der Waals surface area contributed by atoms with E-state index in [1.165, 1.54) is 6.07 Å². The van der Waals surface area contributed by atoms with Crippen molar-refractivity contribution in [2.75, 3.05) is 6.54 Å². The smallest absolute Gasteiger partial charge is 0.315 e. The molecule has 0 radical (unpaired) electrons. The zero-order valence-corrected chi connectivity index (χ0v) is 11.0. The quantitative estimate of drug-likeness (QED) is 0.701. The third kappa shape index (κ3) is 5.21. The number of rotatable bonds is 6. The summed E-state index contributed by atoms with van der Waals surface area (Å²) in [6.45, 7) is 1.77. The highest BCUT2D eigenvalue weighted by atomic mass is 19.1. The van der Waals surface area contributed by atoms with Gasteiger partial charge in [0, 0.05) is 24.6 Å². The molecule has 110 valence electrons. The number of urea groups is 1. The van der Waals surface area contributed by atoms with Gasteiger partial charge in [-0.1, -0.05) is 6.07 Å². The van der Waals surface area contributed by atoms with Gasteiger partial charge in [-0.3, -0.25) is 4.79 Å². The van der Waals surface area contributed by atoms with Crippen LogP contribution in [0.25, 0.3) is 0 Å². The molecule has 20 heavy (non-hydrogen) atoms. The van der Waals surface area contributed by atoms with Gasteiger partial charge in [0.05, 0.1) is 6.04 Å². The number of nitrogens with one attached hydrogen (secondary N) is 2. The Hall–Kier alpha value is -2.18. The summed E-state index contributed by atoms with van der Waals surface area (Å²) < 4.78 is 26.2. The van der Waals surface area contributed by atoms with E-state index in [9.17, 15) is 18.4 Å².